The van der Waals surface area contributed by atoms with Crippen molar-refractivity contribution in [1.29, 1.82) is 0 Å². The molecule has 1 heterocycles. The summed E-state index contributed by atoms with van der Waals surface area (Å²) < 4.78 is 27.5. The summed E-state index contributed by atoms with van der Waals surface area (Å²) in [7, 11) is 0. The zero-order chi connectivity index (χ0) is 14.5. The highest BCUT2D eigenvalue weighted by Crippen LogP contribution is 2.35. The molecule has 2 unspecified atom stereocenters. The van der Waals surface area contributed by atoms with Crippen LogP contribution >= 0.6 is 11.8 Å². The van der Waals surface area contributed by atoms with E-state index in [4.69, 9.17) is 0 Å². The van der Waals surface area contributed by atoms with E-state index >= 15 is 0 Å². The van der Waals surface area contributed by atoms with Gasteiger partial charge in [0.05, 0.1) is 6.54 Å². The van der Waals surface area contributed by atoms with Gasteiger partial charge in [-0.05, 0) is 12.3 Å². The molecule has 20 heavy (non-hydrogen) atoms. The maximum atomic E-state index is 13.2. The van der Waals surface area contributed by atoms with Gasteiger partial charge in [-0.2, -0.15) is 16.9 Å². The Bertz CT molecular complexity index is 551. The van der Waals surface area contributed by atoms with Crippen molar-refractivity contribution in [2.45, 2.75) is 24.6 Å². The molecule has 7 heteroatoms. The third-order valence-corrected chi connectivity index (χ3v) is 4.32. The Morgan fingerprint density at radius 1 is 1.45 bits per heavy atom. The minimum Gasteiger partial charge on any atom is -0.294 e. The highest BCUT2D eigenvalue weighted by Gasteiger charge is 2.24. The van der Waals surface area contributed by atoms with Gasteiger partial charge < -0.3 is 0 Å². The molecule has 0 spiro atoms. The standard InChI is InChI=1S/C13H15F2N3OS/c1-9(20-2)12(6-18-8-16-7-17-18)11-4-3-10(14)5-13(11)19-15/h3-5,7-9,12H,6H2,1-2H3. The second-order valence-corrected chi connectivity index (χ2v) is 5.64. The van der Waals surface area contributed by atoms with Crippen LogP contribution in [0.1, 0.15) is 18.4 Å². The summed E-state index contributed by atoms with van der Waals surface area (Å²) in [6.07, 6.45) is 5.01. The van der Waals surface area contributed by atoms with Crippen LogP contribution in [0.4, 0.5) is 8.92 Å². The number of hydrogen-bond acceptors (Lipinski definition) is 4. The number of hydrogen-bond donors (Lipinski definition) is 0. The summed E-state index contributed by atoms with van der Waals surface area (Å²) in [5.74, 6) is -0.688. The normalized spacial score (nSPS) is 14.0. The fourth-order valence-electron chi connectivity index (χ4n) is 2.07. The third-order valence-electron chi connectivity index (χ3n) is 3.25. The van der Waals surface area contributed by atoms with Crippen LogP contribution in [-0.4, -0.2) is 26.3 Å². The molecule has 0 aliphatic carbocycles. The van der Waals surface area contributed by atoms with E-state index in [-0.39, 0.29) is 16.9 Å². The largest absolute Gasteiger partial charge is 0.294 e. The Kier molecular flexibility index (Phi) is 4.94. The van der Waals surface area contributed by atoms with Crippen molar-refractivity contribution in [3.63, 3.8) is 0 Å². The summed E-state index contributed by atoms with van der Waals surface area (Å²) in [4.78, 5) is 7.72. The van der Waals surface area contributed by atoms with E-state index in [0.717, 1.165) is 6.07 Å². The van der Waals surface area contributed by atoms with Gasteiger partial charge in [-0.1, -0.05) is 13.0 Å². The molecule has 0 radical (unpaired) electrons. The van der Waals surface area contributed by atoms with Gasteiger partial charge in [0.1, 0.15) is 18.5 Å². The molecule has 0 fully saturated rings. The fraction of sp³-hybridized carbons (Fsp3) is 0.385. The van der Waals surface area contributed by atoms with Gasteiger partial charge in [-0.3, -0.25) is 9.62 Å². The zero-order valence-electron chi connectivity index (χ0n) is 11.2. The van der Waals surface area contributed by atoms with Gasteiger partial charge >= 0.3 is 0 Å². The Morgan fingerprint density at radius 3 is 2.85 bits per heavy atom. The highest BCUT2D eigenvalue weighted by molar-refractivity contribution is 7.99. The predicted molar refractivity (Wildman–Crippen MR) is 73.9 cm³/mol. The first-order valence-electron chi connectivity index (χ1n) is 6.09. The first-order valence-corrected chi connectivity index (χ1v) is 7.37. The average molecular weight is 299 g/mol. The van der Waals surface area contributed by atoms with Crippen molar-refractivity contribution in [2.24, 2.45) is 0 Å². The quantitative estimate of drug-likeness (QED) is 0.821. The van der Waals surface area contributed by atoms with Gasteiger partial charge in [-0.25, -0.2) is 9.37 Å². The number of benzene rings is 1. The SMILES string of the molecule is CSC(C)C(Cn1cncn1)c1ccc(F)cc1OF. The molecule has 108 valence electrons. The number of halogens is 2. The minimum absolute atomic E-state index is 0.0713. The summed E-state index contributed by atoms with van der Waals surface area (Å²) in [5.41, 5.74) is 0.617. The van der Waals surface area contributed by atoms with E-state index < -0.39 is 5.82 Å². The topological polar surface area (TPSA) is 39.9 Å². The second-order valence-electron chi connectivity index (χ2n) is 4.42. The molecular formula is C13H15F2N3OS. The highest BCUT2D eigenvalue weighted by atomic mass is 32.2. The van der Waals surface area contributed by atoms with E-state index in [1.54, 1.807) is 28.8 Å². The Balaban J connectivity index is 2.35. The van der Waals surface area contributed by atoms with E-state index in [9.17, 15) is 8.92 Å². The van der Waals surface area contributed by atoms with Crippen molar-refractivity contribution in [1.82, 2.24) is 14.8 Å². The number of thioether (sulfide) groups is 1. The minimum atomic E-state index is -0.530. The summed E-state index contributed by atoms with van der Waals surface area (Å²) in [6.45, 7) is 2.54. The molecule has 0 N–H and O–H groups in total. The van der Waals surface area contributed by atoms with Crippen molar-refractivity contribution >= 4 is 11.8 Å². The van der Waals surface area contributed by atoms with Crippen molar-refractivity contribution in [2.75, 3.05) is 6.26 Å². The molecule has 1 aromatic heterocycles. The molecular weight excluding hydrogens is 284 g/mol. The second kappa shape index (κ2) is 6.69. The zero-order valence-corrected chi connectivity index (χ0v) is 12.0. The molecule has 2 aromatic rings. The summed E-state index contributed by atoms with van der Waals surface area (Å²) in [6, 6.07) is 3.91. The van der Waals surface area contributed by atoms with E-state index in [0.29, 0.717) is 12.1 Å². The van der Waals surface area contributed by atoms with Crippen LogP contribution in [0.2, 0.25) is 0 Å². The maximum Gasteiger partial charge on any atom is 0.178 e. The molecule has 0 amide bonds. The molecule has 4 nitrogen and oxygen atoms in total. The molecule has 2 rings (SSSR count). The van der Waals surface area contributed by atoms with Crippen LogP contribution in [-0.2, 0) is 6.54 Å². The van der Waals surface area contributed by atoms with Crippen LogP contribution in [0.5, 0.6) is 5.75 Å². The molecule has 0 bridgehead atoms. The lowest BCUT2D eigenvalue weighted by Crippen LogP contribution is -2.19. The van der Waals surface area contributed by atoms with Gasteiger partial charge in [0.15, 0.2) is 5.75 Å². The molecule has 0 saturated heterocycles. The third kappa shape index (κ3) is 3.27. The fourth-order valence-corrected chi connectivity index (χ4v) is 2.64. The van der Waals surface area contributed by atoms with Crippen LogP contribution in [0.3, 0.4) is 0 Å². The monoisotopic (exact) mass is 299 g/mol. The van der Waals surface area contributed by atoms with Crippen molar-refractivity contribution in [3.8, 4) is 5.75 Å². The van der Waals surface area contributed by atoms with E-state index in [2.05, 4.69) is 15.0 Å². The Labute approximate surface area is 120 Å². The number of rotatable bonds is 6. The van der Waals surface area contributed by atoms with Crippen LogP contribution in [0, 0.1) is 5.82 Å². The lowest BCUT2D eigenvalue weighted by atomic mass is 9.95. The van der Waals surface area contributed by atoms with Gasteiger partial charge in [0.25, 0.3) is 0 Å². The summed E-state index contributed by atoms with van der Waals surface area (Å²) >= 11 is 1.64. The molecule has 1 aromatic carbocycles. The molecule has 0 saturated carbocycles. The predicted octanol–water partition coefficient (Wildman–Crippen LogP) is 3.22. The Hall–Kier alpha value is -1.63. The van der Waals surface area contributed by atoms with Crippen LogP contribution in [0.15, 0.2) is 30.9 Å². The molecule has 0 aliphatic heterocycles. The summed E-state index contributed by atoms with van der Waals surface area (Å²) in [5, 5.41) is 4.24. The number of aromatic nitrogens is 3. The smallest absolute Gasteiger partial charge is 0.178 e. The first kappa shape index (κ1) is 14.8. The van der Waals surface area contributed by atoms with Crippen molar-refractivity contribution < 1.29 is 13.9 Å². The van der Waals surface area contributed by atoms with E-state index in [1.165, 1.54) is 12.4 Å². The molecule has 0 aliphatic rings. The van der Waals surface area contributed by atoms with Crippen LogP contribution < -0.4 is 4.94 Å². The van der Waals surface area contributed by atoms with Gasteiger partial charge in [0, 0.05) is 27.3 Å². The lowest BCUT2D eigenvalue weighted by molar-refractivity contribution is -0.00820. The van der Waals surface area contributed by atoms with E-state index in [1.807, 2.05) is 13.2 Å². The maximum absolute atomic E-state index is 13.2. The van der Waals surface area contributed by atoms with Gasteiger partial charge in [-0.15, -0.1) is 0 Å². The van der Waals surface area contributed by atoms with Crippen LogP contribution in [0.25, 0.3) is 0 Å². The van der Waals surface area contributed by atoms with Crippen molar-refractivity contribution in [3.05, 3.63) is 42.2 Å². The Morgan fingerprint density at radius 2 is 2.25 bits per heavy atom. The van der Waals surface area contributed by atoms with Gasteiger partial charge in [0.2, 0.25) is 0 Å². The average Bonchev–Trinajstić information content (AvgIpc) is 2.97. The first-order chi connectivity index (χ1) is 9.65. The molecule has 2 atom stereocenters. The lowest BCUT2D eigenvalue weighted by Gasteiger charge is -2.23. The number of nitrogens with zero attached hydrogens (tertiary/aromatic N) is 3.